The largest absolute Gasteiger partial charge is 0.477 e. The molecule has 0 fully saturated rings. The number of thiophene rings is 1. The molecule has 0 aromatic carbocycles. The highest BCUT2D eigenvalue weighted by Gasteiger charge is 2.07. The summed E-state index contributed by atoms with van der Waals surface area (Å²) in [6.45, 7) is 2.17. The highest BCUT2D eigenvalue weighted by molar-refractivity contribution is 7.13. The molecule has 78 valence electrons. The summed E-state index contributed by atoms with van der Waals surface area (Å²) in [6.07, 6.45) is 1.75. The van der Waals surface area contributed by atoms with E-state index < -0.39 is 5.97 Å². The summed E-state index contributed by atoms with van der Waals surface area (Å²) in [4.78, 5) is 12.0. The molecule has 1 aromatic heterocycles. The highest BCUT2D eigenvalue weighted by Crippen LogP contribution is 2.19. The first-order chi connectivity index (χ1) is 6.63. The van der Waals surface area contributed by atoms with Crippen LogP contribution in [0.1, 0.15) is 27.9 Å². The third-order valence-electron chi connectivity index (χ3n) is 2.07. The smallest absolute Gasteiger partial charge is 0.345 e. The van der Waals surface area contributed by atoms with E-state index in [1.807, 2.05) is 13.0 Å². The number of hydrogen-bond acceptors (Lipinski definition) is 3. The Balaban J connectivity index is 2.48. The van der Waals surface area contributed by atoms with Crippen LogP contribution in [-0.2, 0) is 6.42 Å². The topological polar surface area (TPSA) is 57.5 Å². The first-order valence-corrected chi connectivity index (χ1v) is 5.38. The van der Waals surface area contributed by atoms with Crippen LogP contribution >= 0.6 is 11.3 Å². The fourth-order valence-corrected chi connectivity index (χ4v) is 1.97. The van der Waals surface area contributed by atoms with E-state index in [-0.39, 0.29) is 12.5 Å². The first kappa shape index (κ1) is 11.2. The van der Waals surface area contributed by atoms with Crippen molar-refractivity contribution in [2.45, 2.75) is 19.8 Å². The minimum Gasteiger partial charge on any atom is -0.477 e. The highest BCUT2D eigenvalue weighted by atomic mass is 32.1. The van der Waals surface area contributed by atoms with Crippen LogP contribution < -0.4 is 0 Å². The normalized spacial score (nSPS) is 12.7. The molecule has 0 saturated carbocycles. The summed E-state index contributed by atoms with van der Waals surface area (Å²) in [7, 11) is 0. The van der Waals surface area contributed by atoms with Gasteiger partial charge in [-0.3, -0.25) is 0 Å². The van der Waals surface area contributed by atoms with Gasteiger partial charge in [-0.05, 0) is 30.9 Å². The van der Waals surface area contributed by atoms with Gasteiger partial charge in [-0.25, -0.2) is 4.79 Å². The number of carboxylic acid groups (broad SMARTS) is 1. The number of hydrogen-bond donors (Lipinski definition) is 2. The van der Waals surface area contributed by atoms with E-state index in [1.165, 1.54) is 11.3 Å². The van der Waals surface area contributed by atoms with Gasteiger partial charge >= 0.3 is 5.97 Å². The van der Waals surface area contributed by atoms with E-state index in [0.717, 1.165) is 17.7 Å². The second kappa shape index (κ2) is 5.12. The zero-order valence-electron chi connectivity index (χ0n) is 8.06. The monoisotopic (exact) mass is 214 g/mol. The Hall–Kier alpha value is -0.870. The fourth-order valence-electron chi connectivity index (χ4n) is 1.11. The summed E-state index contributed by atoms with van der Waals surface area (Å²) < 4.78 is 0. The zero-order chi connectivity index (χ0) is 10.6. The van der Waals surface area contributed by atoms with Crippen molar-refractivity contribution in [2.24, 2.45) is 5.92 Å². The molecule has 14 heavy (non-hydrogen) atoms. The van der Waals surface area contributed by atoms with Crippen molar-refractivity contribution in [1.82, 2.24) is 0 Å². The maximum absolute atomic E-state index is 10.6. The van der Waals surface area contributed by atoms with Gasteiger partial charge < -0.3 is 10.2 Å². The van der Waals surface area contributed by atoms with Crippen molar-refractivity contribution >= 4 is 17.3 Å². The van der Waals surface area contributed by atoms with Crippen molar-refractivity contribution < 1.29 is 15.0 Å². The molecule has 0 amide bonds. The van der Waals surface area contributed by atoms with E-state index in [4.69, 9.17) is 10.2 Å². The number of rotatable bonds is 5. The second-order valence-corrected chi connectivity index (χ2v) is 4.57. The molecule has 1 rings (SSSR count). The van der Waals surface area contributed by atoms with Gasteiger partial charge in [-0.2, -0.15) is 0 Å². The van der Waals surface area contributed by atoms with E-state index in [2.05, 4.69) is 0 Å². The van der Waals surface area contributed by atoms with Gasteiger partial charge in [0.25, 0.3) is 0 Å². The average Bonchev–Trinajstić information content (AvgIpc) is 2.62. The van der Waals surface area contributed by atoms with Crippen molar-refractivity contribution in [3.63, 3.8) is 0 Å². The Labute approximate surface area is 87.0 Å². The van der Waals surface area contributed by atoms with Crippen molar-refractivity contribution in [1.29, 1.82) is 0 Å². The zero-order valence-corrected chi connectivity index (χ0v) is 8.88. The molecule has 1 unspecified atom stereocenters. The van der Waals surface area contributed by atoms with Gasteiger partial charge in [0.05, 0.1) is 0 Å². The summed E-state index contributed by atoms with van der Waals surface area (Å²) in [5, 5.41) is 17.5. The molecule has 2 N–H and O–H groups in total. The molecule has 3 nitrogen and oxygen atoms in total. The Morgan fingerprint density at radius 3 is 2.79 bits per heavy atom. The van der Waals surface area contributed by atoms with Crippen molar-refractivity contribution in [3.05, 3.63) is 21.9 Å². The van der Waals surface area contributed by atoms with Crippen LogP contribution in [0.3, 0.4) is 0 Å². The third-order valence-corrected chi connectivity index (χ3v) is 3.20. The van der Waals surface area contributed by atoms with Gasteiger partial charge in [-0.1, -0.05) is 6.92 Å². The summed E-state index contributed by atoms with van der Waals surface area (Å²) >= 11 is 1.31. The lowest BCUT2D eigenvalue weighted by Gasteiger charge is -2.04. The van der Waals surface area contributed by atoms with Crippen LogP contribution in [0, 0.1) is 5.92 Å². The molecular formula is C10H14O3S. The maximum atomic E-state index is 10.6. The second-order valence-electron chi connectivity index (χ2n) is 3.40. The summed E-state index contributed by atoms with van der Waals surface area (Å²) in [5.74, 6) is -0.582. The van der Waals surface area contributed by atoms with E-state index in [1.54, 1.807) is 6.07 Å². The molecule has 0 saturated heterocycles. The Morgan fingerprint density at radius 2 is 2.29 bits per heavy atom. The number of aryl methyl sites for hydroxylation is 1. The Kier molecular flexibility index (Phi) is 4.10. The lowest BCUT2D eigenvalue weighted by atomic mass is 10.1. The van der Waals surface area contributed by atoms with Gasteiger partial charge in [0.15, 0.2) is 0 Å². The van der Waals surface area contributed by atoms with Crippen LogP contribution in [0.25, 0.3) is 0 Å². The number of aliphatic hydroxyl groups is 1. The van der Waals surface area contributed by atoms with E-state index in [0.29, 0.717) is 4.88 Å². The standard InChI is InChI=1S/C10H14O3S/c1-7(6-11)2-3-8-4-5-9(14-8)10(12)13/h4-5,7,11H,2-3,6H2,1H3,(H,12,13). The minimum absolute atomic E-state index is 0.192. The number of carboxylic acids is 1. The molecule has 0 aliphatic heterocycles. The van der Waals surface area contributed by atoms with Gasteiger partial charge in [0.2, 0.25) is 0 Å². The third kappa shape index (κ3) is 3.12. The molecule has 0 radical (unpaired) electrons. The lowest BCUT2D eigenvalue weighted by Crippen LogP contribution is -2.01. The SMILES string of the molecule is CC(CO)CCc1ccc(C(=O)O)s1. The number of carbonyl (C=O) groups is 1. The van der Waals surface area contributed by atoms with Crippen LogP contribution in [0.4, 0.5) is 0 Å². The lowest BCUT2D eigenvalue weighted by molar-refractivity contribution is 0.0702. The molecular weight excluding hydrogens is 200 g/mol. The molecule has 4 heteroatoms. The van der Waals surface area contributed by atoms with Crippen molar-refractivity contribution in [3.8, 4) is 0 Å². The Morgan fingerprint density at radius 1 is 1.57 bits per heavy atom. The molecule has 1 heterocycles. The van der Waals surface area contributed by atoms with Crippen LogP contribution in [0.2, 0.25) is 0 Å². The molecule has 1 aromatic rings. The van der Waals surface area contributed by atoms with Gasteiger partial charge in [0.1, 0.15) is 4.88 Å². The van der Waals surface area contributed by atoms with Crippen molar-refractivity contribution in [2.75, 3.05) is 6.61 Å². The van der Waals surface area contributed by atoms with Crippen LogP contribution in [-0.4, -0.2) is 22.8 Å². The van der Waals surface area contributed by atoms with E-state index >= 15 is 0 Å². The number of aliphatic hydroxyl groups excluding tert-OH is 1. The van der Waals surface area contributed by atoms with Crippen LogP contribution in [0.15, 0.2) is 12.1 Å². The minimum atomic E-state index is -0.864. The Bertz CT molecular complexity index is 306. The summed E-state index contributed by atoms with van der Waals surface area (Å²) in [5.41, 5.74) is 0. The van der Waals surface area contributed by atoms with Gasteiger partial charge in [0, 0.05) is 11.5 Å². The molecule has 0 spiro atoms. The average molecular weight is 214 g/mol. The summed E-state index contributed by atoms with van der Waals surface area (Å²) in [6, 6.07) is 3.48. The first-order valence-electron chi connectivity index (χ1n) is 4.56. The molecule has 0 bridgehead atoms. The van der Waals surface area contributed by atoms with Crippen LogP contribution in [0.5, 0.6) is 0 Å². The predicted molar refractivity (Wildman–Crippen MR) is 55.8 cm³/mol. The molecule has 1 atom stereocenters. The quantitative estimate of drug-likeness (QED) is 0.788. The van der Waals surface area contributed by atoms with E-state index in [9.17, 15) is 4.79 Å². The predicted octanol–water partition coefficient (Wildman–Crippen LogP) is 2.01. The maximum Gasteiger partial charge on any atom is 0.345 e. The fraction of sp³-hybridized carbons (Fsp3) is 0.500. The molecule has 0 aliphatic carbocycles. The van der Waals surface area contributed by atoms with Gasteiger partial charge in [-0.15, -0.1) is 11.3 Å². The molecule has 0 aliphatic rings. The number of aromatic carboxylic acids is 1.